The van der Waals surface area contributed by atoms with Crippen LogP contribution >= 0.6 is 11.6 Å². The highest BCUT2D eigenvalue weighted by atomic mass is 35.5. The Morgan fingerprint density at radius 1 is 0.976 bits per heavy atom. The van der Waals surface area contributed by atoms with E-state index in [0.29, 0.717) is 11.4 Å². The third-order valence-corrected chi connectivity index (χ3v) is 9.70. The Bertz CT molecular complexity index is 1470. The molecule has 0 unspecified atom stereocenters. The van der Waals surface area contributed by atoms with E-state index in [4.69, 9.17) is 11.6 Å². The summed E-state index contributed by atoms with van der Waals surface area (Å²) in [6.45, 7) is 5.39. The van der Waals surface area contributed by atoms with Gasteiger partial charge in [-0.25, -0.2) is 8.42 Å². The average Bonchev–Trinajstić information content (AvgIpc) is 3.45. The summed E-state index contributed by atoms with van der Waals surface area (Å²) in [5.41, 5.74) is 3.06. The molecule has 2 amide bonds. The molecule has 0 saturated heterocycles. The van der Waals surface area contributed by atoms with Gasteiger partial charge in [-0.2, -0.15) is 0 Å². The molecule has 3 aromatic rings. The van der Waals surface area contributed by atoms with Crippen LogP contribution in [0, 0.1) is 13.8 Å². The molecule has 1 fully saturated rings. The second-order valence-corrected chi connectivity index (χ2v) is 13.0. The van der Waals surface area contributed by atoms with E-state index >= 15 is 0 Å². The number of carbonyl (C=O) groups excluding carboxylic acids is 2. The van der Waals surface area contributed by atoms with E-state index in [1.54, 1.807) is 30.3 Å². The molecule has 0 aromatic heterocycles. The third kappa shape index (κ3) is 7.49. The molecule has 0 bridgehead atoms. The monoisotopic (exact) mass is 595 g/mol. The Balaban J connectivity index is 1.72. The molecular weight excluding hydrogens is 558 g/mol. The van der Waals surface area contributed by atoms with Gasteiger partial charge in [0.25, 0.3) is 10.0 Å². The van der Waals surface area contributed by atoms with Gasteiger partial charge in [-0.1, -0.05) is 79.4 Å². The van der Waals surface area contributed by atoms with Crippen LogP contribution in [0.5, 0.6) is 0 Å². The Morgan fingerprint density at radius 3 is 2.29 bits per heavy atom. The number of halogens is 1. The molecule has 1 N–H and O–H groups in total. The van der Waals surface area contributed by atoms with Crippen molar-refractivity contribution in [3.8, 4) is 0 Å². The molecule has 1 aliphatic carbocycles. The van der Waals surface area contributed by atoms with Gasteiger partial charge in [-0.05, 0) is 74.6 Å². The lowest BCUT2D eigenvalue weighted by Crippen LogP contribution is -2.53. The van der Waals surface area contributed by atoms with Crippen molar-refractivity contribution in [2.75, 3.05) is 10.8 Å². The SMILES string of the molecule is CC[C@H](C(=O)NC1CCCC1)N(Cc1ccccc1C)C(=O)CN(c1cccc(Cl)c1)S(=O)(=O)c1ccc(C)cc1. The van der Waals surface area contributed by atoms with Crippen molar-refractivity contribution < 1.29 is 18.0 Å². The van der Waals surface area contributed by atoms with Crippen LogP contribution in [0.15, 0.2) is 77.7 Å². The molecule has 0 heterocycles. The van der Waals surface area contributed by atoms with E-state index in [1.807, 2.05) is 45.0 Å². The molecule has 4 rings (SSSR count). The number of aryl methyl sites for hydroxylation is 2. The first-order valence-electron chi connectivity index (χ1n) is 14.1. The van der Waals surface area contributed by atoms with Crippen LogP contribution in [0.2, 0.25) is 5.02 Å². The molecule has 218 valence electrons. The van der Waals surface area contributed by atoms with Crippen molar-refractivity contribution in [1.82, 2.24) is 10.2 Å². The molecular formula is C32H38ClN3O4S. The molecule has 0 aliphatic heterocycles. The summed E-state index contributed by atoms with van der Waals surface area (Å²) in [5, 5.41) is 3.48. The maximum absolute atomic E-state index is 14.2. The highest BCUT2D eigenvalue weighted by molar-refractivity contribution is 7.92. The second-order valence-electron chi connectivity index (χ2n) is 10.7. The van der Waals surface area contributed by atoms with Crippen molar-refractivity contribution in [1.29, 1.82) is 0 Å². The molecule has 0 spiro atoms. The Kier molecular flexibility index (Phi) is 10.1. The van der Waals surface area contributed by atoms with Crippen LogP contribution in [0.3, 0.4) is 0 Å². The number of amides is 2. The van der Waals surface area contributed by atoms with E-state index in [-0.39, 0.29) is 29.1 Å². The van der Waals surface area contributed by atoms with E-state index < -0.39 is 28.5 Å². The van der Waals surface area contributed by atoms with Gasteiger partial charge in [-0.15, -0.1) is 0 Å². The maximum Gasteiger partial charge on any atom is 0.264 e. The molecule has 3 aromatic carbocycles. The first-order valence-corrected chi connectivity index (χ1v) is 15.9. The van der Waals surface area contributed by atoms with Gasteiger partial charge in [0.1, 0.15) is 12.6 Å². The first kappa shape index (κ1) is 30.6. The zero-order chi connectivity index (χ0) is 29.6. The lowest BCUT2D eigenvalue weighted by molar-refractivity contribution is -0.140. The lowest BCUT2D eigenvalue weighted by Gasteiger charge is -2.34. The van der Waals surface area contributed by atoms with Crippen molar-refractivity contribution in [3.63, 3.8) is 0 Å². The number of benzene rings is 3. The van der Waals surface area contributed by atoms with Crippen molar-refractivity contribution in [3.05, 3.63) is 94.5 Å². The fraction of sp³-hybridized carbons (Fsp3) is 0.375. The molecule has 1 atom stereocenters. The predicted molar refractivity (Wildman–Crippen MR) is 163 cm³/mol. The summed E-state index contributed by atoms with van der Waals surface area (Å²) >= 11 is 6.26. The minimum atomic E-state index is -4.14. The van der Waals surface area contributed by atoms with Crippen LogP contribution in [0.4, 0.5) is 5.69 Å². The fourth-order valence-electron chi connectivity index (χ4n) is 5.26. The zero-order valence-corrected chi connectivity index (χ0v) is 25.4. The minimum absolute atomic E-state index is 0.0624. The van der Waals surface area contributed by atoms with Gasteiger partial charge in [-0.3, -0.25) is 13.9 Å². The summed E-state index contributed by atoms with van der Waals surface area (Å²) < 4.78 is 29.0. The number of hydrogen-bond donors (Lipinski definition) is 1. The van der Waals surface area contributed by atoms with Crippen molar-refractivity contribution in [2.45, 2.75) is 76.4 Å². The van der Waals surface area contributed by atoms with Gasteiger partial charge >= 0.3 is 0 Å². The summed E-state index contributed by atoms with van der Waals surface area (Å²) in [6.07, 6.45) is 4.37. The summed E-state index contributed by atoms with van der Waals surface area (Å²) in [4.78, 5) is 29.3. The van der Waals surface area contributed by atoms with E-state index in [9.17, 15) is 18.0 Å². The third-order valence-electron chi connectivity index (χ3n) is 7.67. The molecule has 41 heavy (non-hydrogen) atoms. The number of nitrogens with one attached hydrogen (secondary N) is 1. The molecule has 7 nitrogen and oxygen atoms in total. The summed E-state index contributed by atoms with van der Waals surface area (Å²) in [5.74, 6) is -0.686. The largest absolute Gasteiger partial charge is 0.352 e. The minimum Gasteiger partial charge on any atom is -0.352 e. The highest BCUT2D eigenvalue weighted by Gasteiger charge is 2.34. The lowest BCUT2D eigenvalue weighted by atomic mass is 10.1. The zero-order valence-electron chi connectivity index (χ0n) is 23.8. The van der Waals surface area contributed by atoms with Crippen LogP contribution in [0.1, 0.15) is 55.7 Å². The Hall–Kier alpha value is -3.36. The number of sulfonamides is 1. The Morgan fingerprint density at radius 2 is 1.66 bits per heavy atom. The van der Waals surface area contributed by atoms with Crippen molar-refractivity contribution in [2.24, 2.45) is 0 Å². The number of rotatable bonds is 11. The number of hydrogen-bond acceptors (Lipinski definition) is 4. The van der Waals surface area contributed by atoms with Gasteiger partial charge in [0.2, 0.25) is 11.8 Å². The molecule has 1 saturated carbocycles. The maximum atomic E-state index is 14.2. The summed E-state index contributed by atoms with van der Waals surface area (Å²) in [7, 11) is -4.14. The topological polar surface area (TPSA) is 86.8 Å². The van der Waals surface area contributed by atoms with E-state index in [0.717, 1.165) is 46.7 Å². The van der Waals surface area contributed by atoms with E-state index in [1.165, 1.54) is 23.1 Å². The highest BCUT2D eigenvalue weighted by Crippen LogP contribution is 2.27. The second kappa shape index (κ2) is 13.5. The fourth-order valence-corrected chi connectivity index (χ4v) is 6.85. The van der Waals surface area contributed by atoms with Crippen LogP contribution in [-0.4, -0.2) is 43.8 Å². The molecule has 1 aliphatic rings. The van der Waals surface area contributed by atoms with Crippen LogP contribution < -0.4 is 9.62 Å². The smallest absolute Gasteiger partial charge is 0.264 e. The van der Waals surface area contributed by atoms with Crippen LogP contribution in [0.25, 0.3) is 0 Å². The molecule has 9 heteroatoms. The first-order chi connectivity index (χ1) is 19.6. The number of carbonyl (C=O) groups is 2. The standard InChI is InChI=1S/C32H38ClN3O4S/c1-4-30(32(38)34-27-13-7-8-14-27)35(21-25-11-6-5-10-24(25)3)31(37)22-36(28-15-9-12-26(33)20-28)41(39,40)29-18-16-23(2)17-19-29/h5-6,9-12,15-20,27,30H,4,7-8,13-14,21-22H2,1-3H3,(H,34,38)/t30-/m1/s1. The van der Waals surface area contributed by atoms with Gasteiger partial charge in [0.15, 0.2) is 0 Å². The van der Waals surface area contributed by atoms with Gasteiger partial charge in [0, 0.05) is 17.6 Å². The Labute approximate surface area is 248 Å². The predicted octanol–water partition coefficient (Wildman–Crippen LogP) is 6.02. The van der Waals surface area contributed by atoms with Crippen LogP contribution in [-0.2, 0) is 26.2 Å². The van der Waals surface area contributed by atoms with Gasteiger partial charge in [0.05, 0.1) is 10.6 Å². The average molecular weight is 596 g/mol. The number of anilines is 1. The van der Waals surface area contributed by atoms with Gasteiger partial charge < -0.3 is 10.2 Å². The van der Waals surface area contributed by atoms with Crippen molar-refractivity contribution >= 4 is 39.1 Å². The van der Waals surface area contributed by atoms with E-state index in [2.05, 4.69) is 5.32 Å². The summed E-state index contributed by atoms with van der Waals surface area (Å²) in [6, 6.07) is 20.0. The molecule has 0 radical (unpaired) electrons. The normalized spacial score (nSPS) is 14.4. The number of nitrogens with zero attached hydrogens (tertiary/aromatic N) is 2. The quantitative estimate of drug-likeness (QED) is 0.294.